The van der Waals surface area contributed by atoms with Crippen molar-refractivity contribution in [1.29, 1.82) is 0 Å². The molecule has 1 fully saturated rings. The van der Waals surface area contributed by atoms with Crippen LogP contribution in [0.3, 0.4) is 0 Å². The van der Waals surface area contributed by atoms with E-state index in [9.17, 15) is 9.59 Å². The Kier molecular flexibility index (Phi) is 3.80. The van der Waals surface area contributed by atoms with E-state index in [0.29, 0.717) is 12.0 Å². The van der Waals surface area contributed by atoms with E-state index >= 15 is 0 Å². The van der Waals surface area contributed by atoms with E-state index in [4.69, 9.17) is 0 Å². The van der Waals surface area contributed by atoms with E-state index in [1.807, 2.05) is 24.3 Å². The van der Waals surface area contributed by atoms with Crippen molar-refractivity contribution in [3.63, 3.8) is 0 Å². The Morgan fingerprint density at radius 3 is 2.44 bits per heavy atom. The van der Waals surface area contributed by atoms with Crippen LogP contribution in [0.5, 0.6) is 0 Å². The molecule has 0 unspecified atom stereocenters. The molecule has 1 saturated carbocycles. The highest BCUT2D eigenvalue weighted by Crippen LogP contribution is 2.41. The number of hydrogen-bond acceptors (Lipinski definition) is 3. The number of hydrogen-bond donors (Lipinski definition) is 0. The van der Waals surface area contributed by atoms with Gasteiger partial charge in [-0.2, -0.15) is 0 Å². The summed E-state index contributed by atoms with van der Waals surface area (Å²) >= 11 is 0. The Morgan fingerprint density at radius 1 is 1.22 bits per heavy atom. The lowest BCUT2D eigenvalue weighted by Crippen LogP contribution is -2.10. The third kappa shape index (κ3) is 2.61. The maximum absolute atomic E-state index is 12.1. The molecule has 1 aliphatic rings. The molecular formula is C15H18O3. The Bertz CT molecular complexity index is 447. The van der Waals surface area contributed by atoms with Crippen molar-refractivity contribution in [2.75, 3.05) is 7.11 Å². The van der Waals surface area contributed by atoms with Gasteiger partial charge in [-0.25, -0.2) is 0 Å². The molecule has 0 amide bonds. The predicted molar refractivity (Wildman–Crippen MR) is 68.4 cm³/mol. The number of ketones is 1. The minimum absolute atomic E-state index is 0.0634. The quantitative estimate of drug-likeness (QED) is 0.592. The molecule has 0 saturated heterocycles. The zero-order chi connectivity index (χ0) is 13.1. The number of carbonyl (C=O) groups excluding carboxylic acids is 2. The van der Waals surface area contributed by atoms with Gasteiger partial charge in [-0.1, -0.05) is 37.6 Å². The van der Waals surface area contributed by atoms with Gasteiger partial charge in [0, 0.05) is 11.5 Å². The summed E-state index contributed by atoms with van der Waals surface area (Å²) in [5.74, 6) is -0.600. The van der Waals surface area contributed by atoms with Crippen LogP contribution < -0.4 is 0 Å². The molecule has 0 radical (unpaired) electrons. The van der Waals surface area contributed by atoms with Gasteiger partial charge in [0.1, 0.15) is 0 Å². The lowest BCUT2D eigenvalue weighted by atomic mass is 10.0. The van der Waals surface area contributed by atoms with E-state index in [1.54, 1.807) is 0 Å². The monoisotopic (exact) mass is 246 g/mol. The Labute approximate surface area is 107 Å². The van der Waals surface area contributed by atoms with Crippen molar-refractivity contribution in [3.05, 3.63) is 35.4 Å². The molecule has 2 rings (SSSR count). The molecule has 3 nitrogen and oxygen atoms in total. The summed E-state index contributed by atoms with van der Waals surface area (Å²) in [6, 6.07) is 7.71. The van der Waals surface area contributed by atoms with Crippen LogP contribution in [0.15, 0.2) is 24.3 Å². The van der Waals surface area contributed by atoms with Gasteiger partial charge in [0.2, 0.25) is 0 Å². The maximum atomic E-state index is 12.1. The van der Waals surface area contributed by atoms with Crippen molar-refractivity contribution in [2.45, 2.75) is 26.2 Å². The van der Waals surface area contributed by atoms with Gasteiger partial charge in [-0.3, -0.25) is 9.59 Å². The Hall–Kier alpha value is -1.64. The van der Waals surface area contributed by atoms with Gasteiger partial charge in [0.05, 0.1) is 13.0 Å². The fourth-order valence-corrected chi connectivity index (χ4v) is 2.24. The molecule has 0 spiro atoms. The molecule has 0 heterocycles. The standard InChI is InChI=1S/C15H18O3/c1-3-4-10-5-7-11(8-6-10)14(16)12-9-13(12)15(17)18-2/h5-8,12-13H,3-4,9H2,1-2H3/t12-,13+/m1/s1. The lowest BCUT2D eigenvalue weighted by molar-refractivity contribution is -0.142. The average molecular weight is 246 g/mol. The average Bonchev–Trinajstić information content (AvgIpc) is 3.18. The molecule has 0 aromatic heterocycles. The van der Waals surface area contributed by atoms with Gasteiger partial charge in [-0.15, -0.1) is 0 Å². The number of rotatable bonds is 5. The highest BCUT2D eigenvalue weighted by atomic mass is 16.5. The topological polar surface area (TPSA) is 43.4 Å². The molecule has 18 heavy (non-hydrogen) atoms. The zero-order valence-corrected chi connectivity index (χ0v) is 10.8. The van der Waals surface area contributed by atoms with Gasteiger partial charge in [0.25, 0.3) is 0 Å². The van der Waals surface area contributed by atoms with Crippen molar-refractivity contribution in [2.24, 2.45) is 11.8 Å². The number of ether oxygens (including phenoxy) is 1. The second-order valence-corrected chi connectivity index (χ2v) is 4.78. The number of benzene rings is 1. The molecule has 1 aliphatic carbocycles. The lowest BCUT2D eigenvalue weighted by Gasteiger charge is -2.02. The third-order valence-corrected chi connectivity index (χ3v) is 3.41. The molecule has 0 bridgehead atoms. The van der Waals surface area contributed by atoms with E-state index in [1.165, 1.54) is 12.7 Å². The minimum Gasteiger partial charge on any atom is -0.469 e. The van der Waals surface area contributed by atoms with E-state index in [-0.39, 0.29) is 23.6 Å². The van der Waals surface area contributed by atoms with Crippen LogP contribution in [0.25, 0.3) is 0 Å². The SMILES string of the molecule is CCCc1ccc(C(=O)[C@@H]2C[C@@H]2C(=O)OC)cc1. The van der Waals surface area contributed by atoms with Crippen molar-refractivity contribution < 1.29 is 14.3 Å². The zero-order valence-electron chi connectivity index (χ0n) is 10.8. The van der Waals surface area contributed by atoms with Crippen molar-refractivity contribution in [3.8, 4) is 0 Å². The normalized spacial score (nSPS) is 21.4. The summed E-state index contributed by atoms with van der Waals surface area (Å²) < 4.78 is 4.65. The Morgan fingerprint density at radius 2 is 1.89 bits per heavy atom. The van der Waals surface area contributed by atoms with Crippen molar-refractivity contribution >= 4 is 11.8 Å². The van der Waals surface area contributed by atoms with Crippen LogP contribution >= 0.6 is 0 Å². The second-order valence-electron chi connectivity index (χ2n) is 4.78. The summed E-state index contributed by atoms with van der Waals surface area (Å²) in [4.78, 5) is 23.4. The summed E-state index contributed by atoms with van der Waals surface area (Å²) in [5.41, 5.74) is 1.95. The largest absolute Gasteiger partial charge is 0.469 e. The van der Waals surface area contributed by atoms with Gasteiger partial charge >= 0.3 is 5.97 Å². The summed E-state index contributed by atoms with van der Waals surface area (Å²) in [5, 5.41) is 0. The molecule has 1 aromatic rings. The minimum atomic E-state index is -0.268. The number of methoxy groups -OCH3 is 1. The maximum Gasteiger partial charge on any atom is 0.309 e. The Balaban J connectivity index is 2.00. The number of carbonyl (C=O) groups is 2. The van der Waals surface area contributed by atoms with Gasteiger partial charge in [-0.05, 0) is 18.4 Å². The summed E-state index contributed by atoms with van der Waals surface area (Å²) in [7, 11) is 1.36. The molecule has 96 valence electrons. The molecular weight excluding hydrogens is 228 g/mol. The molecule has 2 atom stereocenters. The van der Waals surface area contributed by atoms with Crippen LogP contribution in [0, 0.1) is 11.8 Å². The van der Waals surface area contributed by atoms with Crippen molar-refractivity contribution in [1.82, 2.24) is 0 Å². The van der Waals surface area contributed by atoms with Gasteiger partial charge in [0.15, 0.2) is 5.78 Å². The predicted octanol–water partition coefficient (Wildman–Crippen LogP) is 2.63. The van der Waals surface area contributed by atoms with Crippen LogP contribution in [0.2, 0.25) is 0 Å². The first-order chi connectivity index (χ1) is 8.67. The molecule has 3 heteroatoms. The van der Waals surface area contributed by atoms with Crippen LogP contribution in [-0.2, 0) is 16.0 Å². The highest BCUT2D eigenvalue weighted by Gasteiger charge is 2.48. The smallest absolute Gasteiger partial charge is 0.309 e. The van der Waals surface area contributed by atoms with Gasteiger partial charge < -0.3 is 4.74 Å². The first-order valence-corrected chi connectivity index (χ1v) is 6.38. The summed E-state index contributed by atoms with van der Waals surface area (Å²) in [6.45, 7) is 2.13. The summed E-state index contributed by atoms with van der Waals surface area (Å²) in [6.07, 6.45) is 2.76. The van der Waals surface area contributed by atoms with E-state index in [2.05, 4.69) is 11.7 Å². The van der Waals surface area contributed by atoms with E-state index in [0.717, 1.165) is 12.8 Å². The highest BCUT2D eigenvalue weighted by molar-refractivity contribution is 6.02. The second kappa shape index (κ2) is 5.34. The third-order valence-electron chi connectivity index (χ3n) is 3.41. The first-order valence-electron chi connectivity index (χ1n) is 6.38. The fourth-order valence-electron chi connectivity index (χ4n) is 2.24. The number of Topliss-reactive ketones (excluding diaryl/α,β-unsaturated/α-hetero) is 1. The van der Waals surface area contributed by atoms with Crippen LogP contribution in [0.4, 0.5) is 0 Å². The fraction of sp³-hybridized carbons (Fsp3) is 0.467. The van der Waals surface area contributed by atoms with Crippen LogP contribution in [0.1, 0.15) is 35.7 Å². The molecule has 1 aromatic carbocycles. The van der Waals surface area contributed by atoms with E-state index < -0.39 is 0 Å². The first kappa shape index (κ1) is 12.8. The molecule has 0 N–H and O–H groups in total. The number of esters is 1. The molecule has 0 aliphatic heterocycles. The van der Waals surface area contributed by atoms with Crippen LogP contribution in [-0.4, -0.2) is 18.9 Å². The number of aryl methyl sites for hydroxylation is 1.